The summed E-state index contributed by atoms with van der Waals surface area (Å²) in [6, 6.07) is 33.9. The Bertz CT molecular complexity index is 2170. The SMILES string of the molecule is O=C(NO)C(c1ccccc1)(c1ccc(-c2ccc(F)cc2F)cc1)C(C(=O)NO)(c1ccccc1)c1ccc(-c2cc(F)ccc2F)cc1. The third-order valence-corrected chi connectivity index (χ3v) is 8.98. The maximum Gasteiger partial charge on any atom is 0.260 e. The van der Waals surface area contributed by atoms with Gasteiger partial charge in [0.2, 0.25) is 0 Å². The Kier molecular flexibility index (Phi) is 9.32. The van der Waals surface area contributed by atoms with E-state index in [1.54, 1.807) is 71.6 Å². The van der Waals surface area contributed by atoms with Crippen LogP contribution in [0.1, 0.15) is 22.3 Å². The first kappa shape index (κ1) is 33.8. The first-order valence-corrected chi connectivity index (χ1v) is 15.3. The molecule has 0 aliphatic rings. The highest BCUT2D eigenvalue weighted by molar-refractivity contribution is 6.06. The Balaban J connectivity index is 1.72. The van der Waals surface area contributed by atoms with Crippen LogP contribution in [0.2, 0.25) is 0 Å². The molecule has 10 heteroatoms. The lowest BCUT2D eigenvalue weighted by Crippen LogP contribution is -2.65. The van der Waals surface area contributed by atoms with Crippen LogP contribution in [-0.4, -0.2) is 22.2 Å². The van der Waals surface area contributed by atoms with Crippen LogP contribution in [0.15, 0.2) is 146 Å². The van der Waals surface area contributed by atoms with Crippen molar-refractivity contribution in [1.29, 1.82) is 0 Å². The molecule has 6 rings (SSSR count). The van der Waals surface area contributed by atoms with E-state index in [2.05, 4.69) is 0 Å². The standard InChI is InChI=1S/C40H28F4N2O4/c41-31-20-22-35(43)34(23-31)26-13-17-30(18-14-26)40(38(48)46-50,28-9-5-2-6-10-28)39(37(47)45-49,27-7-3-1-4-8-27)29-15-11-25(12-16-29)33-21-19-32(42)24-36(33)44/h1-24,49-50H,(H,45,47)(H,46,48). The molecule has 250 valence electrons. The maximum absolute atomic E-state index is 14.8. The van der Waals surface area contributed by atoms with Crippen molar-refractivity contribution in [3.8, 4) is 22.3 Å². The smallest absolute Gasteiger partial charge is 0.260 e. The maximum atomic E-state index is 14.8. The van der Waals surface area contributed by atoms with Crippen molar-refractivity contribution in [3.05, 3.63) is 191 Å². The van der Waals surface area contributed by atoms with Gasteiger partial charge in [-0.05, 0) is 63.7 Å². The van der Waals surface area contributed by atoms with Crippen LogP contribution < -0.4 is 11.0 Å². The summed E-state index contributed by atoms with van der Waals surface area (Å²) in [4.78, 5) is 29.3. The fourth-order valence-electron chi connectivity index (χ4n) is 6.85. The number of benzene rings is 6. The van der Waals surface area contributed by atoms with Crippen molar-refractivity contribution < 1.29 is 37.6 Å². The van der Waals surface area contributed by atoms with Gasteiger partial charge in [0.1, 0.15) is 34.1 Å². The zero-order chi connectivity index (χ0) is 35.5. The summed E-state index contributed by atoms with van der Waals surface area (Å²) in [6.45, 7) is 0. The number of amides is 2. The second kappa shape index (κ2) is 13.8. The van der Waals surface area contributed by atoms with Crippen LogP contribution in [0.4, 0.5) is 17.6 Å². The first-order valence-electron chi connectivity index (χ1n) is 15.3. The number of halogens is 4. The fourth-order valence-corrected chi connectivity index (χ4v) is 6.85. The van der Waals surface area contributed by atoms with E-state index in [-0.39, 0.29) is 38.9 Å². The molecular formula is C40H28F4N2O4. The van der Waals surface area contributed by atoms with Gasteiger partial charge >= 0.3 is 0 Å². The third kappa shape index (κ3) is 5.50. The van der Waals surface area contributed by atoms with E-state index in [4.69, 9.17) is 0 Å². The molecular weight excluding hydrogens is 648 g/mol. The van der Waals surface area contributed by atoms with Crippen LogP contribution in [0.25, 0.3) is 22.3 Å². The largest absolute Gasteiger partial charge is 0.289 e. The predicted molar refractivity (Wildman–Crippen MR) is 178 cm³/mol. The van der Waals surface area contributed by atoms with E-state index < -0.39 is 45.9 Å². The minimum Gasteiger partial charge on any atom is -0.289 e. The van der Waals surface area contributed by atoms with Gasteiger partial charge in [-0.15, -0.1) is 0 Å². The van der Waals surface area contributed by atoms with Gasteiger partial charge in [0.25, 0.3) is 11.8 Å². The zero-order valence-corrected chi connectivity index (χ0v) is 26.1. The van der Waals surface area contributed by atoms with Crippen LogP contribution in [0.3, 0.4) is 0 Å². The molecule has 0 aliphatic heterocycles. The molecule has 2 unspecified atom stereocenters. The Morgan fingerprint density at radius 2 is 0.840 bits per heavy atom. The molecule has 6 aromatic rings. The lowest BCUT2D eigenvalue weighted by Gasteiger charge is -2.49. The Morgan fingerprint density at radius 1 is 0.440 bits per heavy atom. The van der Waals surface area contributed by atoms with Crippen LogP contribution in [0, 0.1) is 23.3 Å². The summed E-state index contributed by atoms with van der Waals surface area (Å²) in [5.74, 6) is -5.13. The van der Waals surface area contributed by atoms with Gasteiger partial charge in [0.05, 0.1) is 0 Å². The number of hydrogen-bond acceptors (Lipinski definition) is 4. The highest BCUT2D eigenvalue weighted by Gasteiger charge is 2.65. The molecule has 0 aromatic heterocycles. The molecule has 0 spiro atoms. The first-order chi connectivity index (χ1) is 24.2. The van der Waals surface area contributed by atoms with E-state index in [0.717, 1.165) is 30.3 Å². The third-order valence-electron chi connectivity index (χ3n) is 8.98. The molecule has 0 bridgehead atoms. The van der Waals surface area contributed by atoms with Gasteiger partial charge in [-0.25, -0.2) is 28.5 Å². The predicted octanol–water partition coefficient (Wildman–Crippen LogP) is 7.86. The van der Waals surface area contributed by atoms with E-state index in [0.29, 0.717) is 5.56 Å². The van der Waals surface area contributed by atoms with Crippen molar-refractivity contribution in [2.45, 2.75) is 10.8 Å². The number of nitrogens with one attached hydrogen (secondary N) is 2. The van der Waals surface area contributed by atoms with Crippen LogP contribution in [-0.2, 0) is 20.4 Å². The average molecular weight is 677 g/mol. The minimum absolute atomic E-state index is 0.0560. The van der Waals surface area contributed by atoms with Crippen LogP contribution >= 0.6 is 0 Å². The molecule has 50 heavy (non-hydrogen) atoms. The van der Waals surface area contributed by atoms with Crippen molar-refractivity contribution in [2.75, 3.05) is 0 Å². The summed E-state index contributed by atoms with van der Waals surface area (Å²) < 4.78 is 57.6. The molecule has 2 atom stereocenters. The molecule has 2 amide bonds. The summed E-state index contributed by atoms with van der Waals surface area (Å²) in [5.41, 5.74) is 0.182. The van der Waals surface area contributed by atoms with Gasteiger partial charge in [0.15, 0.2) is 0 Å². The monoisotopic (exact) mass is 676 g/mol. The summed E-state index contributed by atoms with van der Waals surface area (Å²) >= 11 is 0. The van der Waals surface area contributed by atoms with E-state index in [9.17, 15) is 37.6 Å². The average Bonchev–Trinajstić information content (AvgIpc) is 3.15. The molecule has 0 aliphatic carbocycles. The second-order valence-electron chi connectivity index (χ2n) is 11.5. The number of rotatable bonds is 9. The number of carbonyl (C=O) groups is 2. The van der Waals surface area contributed by atoms with Gasteiger partial charge in [0, 0.05) is 17.2 Å². The van der Waals surface area contributed by atoms with E-state index in [1.807, 2.05) is 0 Å². The fraction of sp³-hybridized carbons (Fsp3) is 0.0500. The molecule has 0 heterocycles. The Morgan fingerprint density at radius 3 is 1.28 bits per heavy atom. The molecule has 6 nitrogen and oxygen atoms in total. The van der Waals surface area contributed by atoms with Gasteiger partial charge in [-0.2, -0.15) is 0 Å². The van der Waals surface area contributed by atoms with E-state index in [1.165, 1.54) is 54.6 Å². The highest BCUT2D eigenvalue weighted by Crippen LogP contribution is 2.54. The molecule has 6 aromatic carbocycles. The zero-order valence-electron chi connectivity index (χ0n) is 26.1. The number of hydroxylamine groups is 2. The normalized spacial score (nSPS) is 13.5. The van der Waals surface area contributed by atoms with Gasteiger partial charge in [-0.1, -0.05) is 109 Å². The summed E-state index contributed by atoms with van der Waals surface area (Å²) in [7, 11) is 0. The van der Waals surface area contributed by atoms with Crippen molar-refractivity contribution >= 4 is 11.8 Å². The van der Waals surface area contributed by atoms with Crippen molar-refractivity contribution in [1.82, 2.24) is 11.0 Å². The number of hydrogen-bond donors (Lipinski definition) is 4. The summed E-state index contributed by atoms with van der Waals surface area (Å²) in [5, 5.41) is 21.0. The van der Waals surface area contributed by atoms with Crippen molar-refractivity contribution in [3.63, 3.8) is 0 Å². The molecule has 0 radical (unpaired) electrons. The molecule has 0 saturated carbocycles. The summed E-state index contributed by atoms with van der Waals surface area (Å²) in [6.07, 6.45) is 0. The molecule has 4 N–H and O–H groups in total. The lowest BCUT2D eigenvalue weighted by molar-refractivity contribution is -0.145. The van der Waals surface area contributed by atoms with E-state index >= 15 is 0 Å². The molecule has 0 fully saturated rings. The molecule has 0 saturated heterocycles. The lowest BCUT2D eigenvalue weighted by atomic mass is 9.50. The quantitative estimate of drug-likeness (QED) is 0.0712. The Labute approximate surface area is 284 Å². The van der Waals surface area contributed by atoms with Gasteiger partial charge in [-0.3, -0.25) is 20.0 Å². The Hall–Kier alpha value is -6.10. The minimum atomic E-state index is -2.25. The second-order valence-corrected chi connectivity index (χ2v) is 11.5. The number of carbonyl (C=O) groups excluding carboxylic acids is 2. The van der Waals surface area contributed by atoms with Crippen molar-refractivity contribution in [2.24, 2.45) is 0 Å². The topological polar surface area (TPSA) is 98.7 Å². The highest BCUT2D eigenvalue weighted by atomic mass is 19.1. The van der Waals surface area contributed by atoms with Crippen LogP contribution in [0.5, 0.6) is 0 Å². The van der Waals surface area contributed by atoms with Gasteiger partial charge < -0.3 is 0 Å².